The maximum absolute atomic E-state index is 11.2. The van der Waals surface area contributed by atoms with Gasteiger partial charge < -0.3 is 9.67 Å². The average Bonchev–Trinajstić information content (AvgIpc) is 2.30. The molecule has 0 unspecified atom stereocenters. The standard InChI is InChI=1S/C13H19NO3/c1-2-3-4-5-6-8-14-9-7-12(15)11(10-14)13(16)17/h7,9-10H,2-6,8H2,1H3,(H,16,17). The molecule has 1 N–H and O–H groups in total. The first kappa shape index (κ1) is 13.5. The molecule has 1 aromatic heterocycles. The van der Waals surface area contributed by atoms with Gasteiger partial charge in [0, 0.05) is 25.0 Å². The summed E-state index contributed by atoms with van der Waals surface area (Å²) in [6.07, 6.45) is 8.89. The van der Waals surface area contributed by atoms with Crippen LogP contribution in [0, 0.1) is 0 Å². The molecule has 4 heteroatoms. The Labute approximate surface area is 101 Å². The molecule has 0 spiro atoms. The molecule has 1 heterocycles. The van der Waals surface area contributed by atoms with Gasteiger partial charge >= 0.3 is 5.97 Å². The molecule has 0 aliphatic carbocycles. The van der Waals surface area contributed by atoms with E-state index in [1.807, 2.05) is 0 Å². The fourth-order valence-electron chi connectivity index (χ4n) is 1.72. The number of pyridine rings is 1. The summed E-state index contributed by atoms with van der Waals surface area (Å²) in [5.74, 6) is -1.16. The fourth-order valence-corrected chi connectivity index (χ4v) is 1.72. The van der Waals surface area contributed by atoms with Crippen LogP contribution in [-0.4, -0.2) is 15.6 Å². The maximum Gasteiger partial charge on any atom is 0.341 e. The predicted molar refractivity (Wildman–Crippen MR) is 66.4 cm³/mol. The van der Waals surface area contributed by atoms with Crippen LogP contribution in [0.4, 0.5) is 0 Å². The molecule has 94 valence electrons. The lowest BCUT2D eigenvalue weighted by Gasteiger charge is -2.06. The van der Waals surface area contributed by atoms with Crippen molar-refractivity contribution in [3.8, 4) is 0 Å². The number of rotatable bonds is 7. The van der Waals surface area contributed by atoms with E-state index in [-0.39, 0.29) is 5.56 Å². The highest BCUT2D eigenvalue weighted by molar-refractivity contribution is 5.86. The van der Waals surface area contributed by atoms with Gasteiger partial charge in [0.05, 0.1) is 0 Å². The van der Waals surface area contributed by atoms with E-state index in [1.165, 1.54) is 31.5 Å². The Hall–Kier alpha value is -1.58. The van der Waals surface area contributed by atoms with Crippen molar-refractivity contribution in [2.24, 2.45) is 0 Å². The molecule has 1 aromatic rings. The molecule has 0 saturated heterocycles. The highest BCUT2D eigenvalue weighted by Crippen LogP contribution is 2.04. The Bertz CT molecular complexity index is 423. The van der Waals surface area contributed by atoms with Gasteiger partial charge in [0.25, 0.3) is 0 Å². The number of carbonyl (C=O) groups is 1. The Morgan fingerprint density at radius 3 is 2.65 bits per heavy atom. The summed E-state index contributed by atoms with van der Waals surface area (Å²) in [5.41, 5.74) is -0.583. The Morgan fingerprint density at radius 2 is 2.00 bits per heavy atom. The van der Waals surface area contributed by atoms with Crippen LogP contribution >= 0.6 is 0 Å². The molecule has 0 amide bonds. The number of aromatic carboxylic acids is 1. The molecule has 0 aliphatic heterocycles. The van der Waals surface area contributed by atoms with E-state index in [0.29, 0.717) is 0 Å². The van der Waals surface area contributed by atoms with Crippen molar-refractivity contribution in [1.82, 2.24) is 4.57 Å². The first-order valence-corrected chi connectivity index (χ1v) is 6.08. The van der Waals surface area contributed by atoms with Crippen LogP contribution in [0.1, 0.15) is 49.4 Å². The summed E-state index contributed by atoms with van der Waals surface area (Å²) >= 11 is 0. The van der Waals surface area contributed by atoms with Gasteiger partial charge in [-0.1, -0.05) is 32.6 Å². The third-order valence-corrected chi connectivity index (χ3v) is 2.73. The summed E-state index contributed by atoms with van der Waals surface area (Å²) in [6, 6.07) is 1.31. The first-order chi connectivity index (χ1) is 8.15. The fraction of sp³-hybridized carbons (Fsp3) is 0.538. The lowest BCUT2D eigenvalue weighted by molar-refractivity contribution is 0.0694. The van der Waals surface area contributed by atoms with Crippen molar-refractivity contribution in [2.45, 2.75) is 45.6 Å². The van der Waals surface area contributed by atoms with E-state index >= 15 is 0 Å². The van der Waals surface area contributed by atoms with Crippen molar-refractivity contribution in [1.29, 1.82) is 0 Å². The Balaban J connectivity index is 2.52. The lowest BCUT2D eigenvalue weighted by atomic mass is 10.1. The second-order valence-corrected chi connectivity index (χ2v) is 4.18. The largest absolute Gasteiger partial charge is 0.477 e. The van der Waals surface area contributed by atoms with Gasteiger partial charge in [-0.05, 0) is 6.42 Å². The number of unbranched alkanes of at least 4 members (excludes halogenated alkanes) is 4. The van der Waals surface area contributed by atoms with Crippen molar-refractivity contribution >= 4 is 5.97 Å². The molecule has 0 radical (unpaired) electrons. The van der Waals surface area contributed by atoms with Crippen LogP contribution in [0.25, 0.3) is 0 Å². The number of hydrogen-bond acceptors (Lipinski definition) is 2. The highest BCUT2D eigenvalue weighted by atomic mass is 16.4. The summed E-state index contributed by atoms with van der Waals surface area (Å²) in [6.45, 7) is 2.94. The van der Waals surface area contributed by atoms with E-state index in [2.05, 4.69) is 6.92 Å². The maximum atomic E-state index is 11.2. The summed E-state index contributed by atoms with van der Waals surface area (Å²) in [4.78, 5) is 22.0. The van der Waals surface area contributed by atoms with Crippen LogP contribution in [0.5, 0.6) is 0 Å². The number of carboxylic acid groups (broad SMARTS) is 1. The molecule has 17 heavy (non-hydrogen) atoms. The van der Waals surface area contributed by atoms with Crippen LogP contribution in [0.3, 0.4) is 0 Å². The smallest absolute Gasteiger partial charge is 0.341 e. The summed E-state index contributed by atoms with van der Waals surface area (Å²) < 4.78 is 1.77. The minimum absolute atomic E-state index is 0.152. The summed E-state index contributed by atoms with van der Waals surface area (Å²) in [7, 11) is 0. The van der Waals surface area contributed by atoms with Crippen LogP contribution < -0.4 is 5.43 Å². The molecule has 0 aromatic carbocycles. The van der Waals surface area contributed by atoms with Gasteiger partial charge in [0.1, 0.15) is 5.56 Å². The van der Waals surface area contributed by atoms with Crippen molar-refractivity contribution in [3.63, 3.8) is 0 Å². The highest BCUT2D eigenvalue weighted by Gasteiger charge is 2.07. The molecule has 0 bridgehead atoms. The van der Waals surface area contributed by atoms with Crippen LogP contribution in [-0.2, 0) is 6.54 Å². The molecular formula is C13H19NO3. The van der Waals surface area contributed by atoms with Crippen LogP contribution in [0.2, 0.25) is 0 Å². The van der Waals surface area contributed by atoms with E-state index in [4.69, 9.17) is 5.11 Å². The summed E-state index contributed by atoms with van der Waals surface area (Å²) in [5, 5.41) is 8.82. The van der Waals surface area contributed by atoms with Gasteiger partial charge in [-0.15, -0.1) is 0 Å². The second kappa shape index (κ2) is 6.89. The van der Waals surface area contributed by atoms with Crippen molar-refractivity contribution < 1.29 is 9.90 Å². The zero-order chi connectivity index (χ0) is 12.7. The van der Waals surface area contributed by atoms with E-state index < -0.39 is 11.4 Å². The van der Waals surface area contributed by atoms with E-state index in [9.17, 15) is 9.59 Å². The third-order valence-electron chi connectivity index (χ3n) is 2.73. The number of aromatic nitrogens is 1. The minimum Gasteiger partial charge on any atom is -0.477 e. The quantitative estimate of drug-likeness (QED) is 0.741. The molecule has 0 fully saturated rings. The zero-order valence-electron chi connectivity index (χ0n) is 10.2. The number of carboxylic acids is 1. The number of aryl methyl sites for hydroxylation is 1. The Morgan fingerprint density at radius 1 is 1.29 bits per heavy atom. The van der Waals surface area contributed by atoms with Gasteiger partial charge in [-0.25, -0.2) is 4.79 Å². The monoisotopic (exact) mass is 237 g/mol. The van der Waals surface area contributed by atoms with Crippen LogP contribution in [0.15, 0.2) is 23.3 Å². The molecule has 0 atom stereocenters. The van der Waals surface area contributed by atoms with Gasteiger partial charge in [-0.2, -0.15) is 0 Å². The van der Waals surface area contributed by atoms with Gasteiger partial charge in [-0.3, -0.25) is 4.79 Å². The predicted octanol–water partition coefficient (Wildman–Crippen LogP) is 2.52. The van der Waals surface area contributed by atoms with Gasteiger partial charge in [0.15, 0.2) is 5.43 Å². The molecule has 4 nitrogen and oxygen atoms in total. The third kappa shape index (κ3) is 4.43. The number of nitrogens with zero attached hydrogens (tertiary/aromatic N) is 1. The topological polar surface area (TPSA) is 59.3 Å². The average molecular weight is 237 g/mol. The van der Waals surface area contributed by atoms with Gasteiger partial charge in [0.2, 0.25) is 0 Å². The van der Waals surface area contributed by atoms with Crippen molar-refractivity contribution in [2.75, 3.05) is 0 Å². The molecule has 0 aliphatic rings. The first-order valence-electron chi connectivity index (χ1n) is 6.08. The second-order valence-electron chi connectivity index (χ2n) is 4.18. The lowest BCUT2D eigenvalue weighted by Crippen LogP contribution is -2.16. The SMILES string of the molecule is CCCCCCCn1ccc(=O)c(C(=O)O)c1. The normalized spacial score (nSPS) is 10.4. The molecule has 0 saturated carbocycles. The van der Waals surface area contributed by atoms with E-state index in [0.717, 1.165) is 19.4 Å². The number of hydrogen-bond donors (Lipinski definition) is 1. The Kier molecular flexibility index (Phi) is 5.46. The van der Waals surface area contributed by atoms with Crippen molar-refractivity contribution in [3.05, 3.63) is 34.2 Å². The molecule has 1 rings (SSSR count). The molecular weight excluding hydrogens is 218 g/mol. The van der Waals surface area contributed by atoms with E-state index in [1.54, 1.807) is 10.8 Å². The minimum atomic E-state index is -1.16. The zero-order valence-corrected chi connectivity index (χ0v) is 10.2.